The largest absolute Gasteiger partial charge is 0.375 e. The molecule has 1 aromatic rings. The van der Waals surface area contributed by atoms with Gasteiger partial charge in [-0.25, -0.2) is 4.83 Å². The van der Waals surface area contributed by atoms with Crippen molar-refractivity contribution in [3.8, 4) is 0 Å². The van der Waals surface area contributed by atoms with Crippen LogP contribution in [0.4, 0.5) is 5.69 Å². The summed E-state index contributed by atoms with van der Waals surface area (Å²) in [6, 6.07) is 8.82. The molecule has 0 spiro atoms. The minimum atomic E-state index is -0.139. The van der Waals surface area contributed by atoms with Crippen LogP contribution >= 0.6 is 8.73 Å². The van der Waals surface area contributed by atoms with Gasteiger partial charge in [-0.15, -0.1) is 0 Å². The first-order valence-electron chi connectivity index (χ1n) is 8.95. The Balaban J connectivity index is 1.42. The summed E-state index contributed by atoms with van der Waals surface area (Å²) in [6.07, 6.45) is 2.72. The van der Waals surface area contributed by atoms with E-state index in [-0.39, 0.29) is 10.8 Å². The van der Waals surface area contributed by atoms with E-state index in [1.165, 1.54) is 5.56 Å². The molecule has 0 saturated carbocycles. The SMILES string of the molecule is CC1(C)ON(c2ccc(C[C@@H]3CO[C@H]4CCOC34)cc2)PC1(C)C. The van der Waals surface area contributed by atoms with Crippen molar-refractivity contribution in [3.05, 3.63) is 29.8 Å². The highest BCUT2D eigenvalue weighted by molar-refractivity contribution is 7.42. The van der Waals surface area contributed by atoms with E-state index in [4.69, 9.17) is 14.3 Å². The van der Waals surface area contributed by atoms with Crippen LogP contribution in [0.15, 0.2) is 24.3 Å². The lowest BCUT2D eigenvalue weighted by molar-refractivity contribution is -0.00656. The molecular formula is C19H28NO3P. The van der Waals surface area contributed by atoms with Gasteiger partial charge < -0.3 is 9.47 Å². The van der Waals surface area contributed by atoms with Crippen molar-refractivity contribution in [1.29, 1.82) is 0 Å². The smallest absolute Gasteiger partial charge is 0.101 e. The van der Waals surface area contributed by atoms with Gasteiger partial charge in [-0.1, -0.05) is 26.0 Å². The van der Waals surface area contributed by atoms with Gasteiger partial charge in [-0.3, -0.25) is 4.84 Å². The average molecular weight is 349 g/mol. The minimum absolute atomic E-state index is 0.139. The predicted octanol–water partition coefficient (Wildman–Crippen LogP) is 3.94. The number of ether oxygens (including phenoxy) is 2. The molecule has 0 bridgehead atoms. The summed E-state index contributed by atoms with van der Waals surface area (Å²) in [4.78, 5) is 8.25. The normalized spacial score (nSPS) is 34.8. The number of nitrogens with zero attached hydrogens (tertiary/aromatic N) is 1. The van der Waals surface area contributed by atoms with Crippen LogP contribution in [-0.2, 0) is 20.7 Å². The van der Waals surface area contributed by atoms with Gasteiger partial charge in [0.15, 0.2) is 0 Å². The van der Waals surface area contributed by atoms with Gasteiger partial charge in [0.2, 0.25) is 0 Å². The molecule has 4 atom stereocenters. The lowest BCUT2D eigenvalue weighted by Gasteiger charge is -2.29. The molecule has 3 aliphatic rings. The molecule has 0 amide bonds. The Morgan fingerprint density at radius 2 is 1.88 bits per heavy atom. The molecular weight excluding hydrogens is 321 g/mol. The van der Waals surface area contributed by atoms with E-state index in [0.29, 0.717) is 26.9 Å². The van der Waals surface area contributed by atoms with E-state index < -0.39 is 0 Å². The summed E-state index contributed by atoms with van der Waals surface area (Å²) in [7, 11) is 0.630. The Morgan fingerprint density at radius 3 is 2.54 bits per heavy atom. The molecule has 4 nitrogen and oxygen atoms in total. The lowest BCUT2D eigenvalue weighted by Crippen LogP contribution is -2.38. The van der Waals surface area contributed by atoms with Crippen LogP contribution in [0, 0.1) is 5.92 Å². The molecule has 4 rings (SSSR count). The molecule has 1 aromatic carbocycles. The van der Waals surface area contributed by atoms with E-state index in [9.17, 15) is 0 Å². The van der Waals surface area contributed by atoms with Crippen molar-refractivity contribution in [3.63, 3.8) is 0 Å². The monoisotopic (exact) mass is 349 g/mol. The number of hydrogen-bond acceptors (Lipinski definition) is 4. The average Bonchev–Trinajstić information content (AvgIpc) is 3.16. The molecule has 132 valence electrons. The molecule has 3 saturated heterocycles. The van der Waals surface area contributed by atoms with Crippen LogP contribution in [0.3, 0.4) is 0 Å². The quantitative estimate of drug-likeness (QED) is 0.774. The third-order valence-corrected chi connectivity index (χ3v) is 7.66. The van der Waals surface area contributed by atoms with Gasteiger partial charge in [0.25, 0.3) is 0 Å². The summed E-state index contributed by atoms with van der Waals surface area (Å²) in [6.45, 7) is 10.6. The first-order valence-corrected chi connectivity index (χ1v) is 9.90. The highest BCUT2D eigenvalue weighted by Gasteiger charge is 2.48. The fraction of sp³-hybridized carbons (Fsp3) is 0.684. The fourth-order valence-electron chi connectivity index (χ4n) is 3.67. The van der Waals surface area contributed by atoms with Crippen molar-refractivity contribution >= 4 is 14.4 Å². The molecule has 0 radical (unpaired) electrons. The van der Waals surface area contributed by atoms with E-state index >= 15 is 0 Å². The summed E-state index contributed by atoms with van der Waals surface area (Å²) in [5, 5.41) is 0.154. The second-order valence-corrected chi connectivity index (χ2v) is 10.1. The number of hydrogen-bond donors (Lipinski definition) is 0. The van der Waals surface area contributed by atoms with Crippen molar-refractivity contribution in [2.75, 3.05) is 18.0 Å². The van der Waals surface area contributed by atoms with Crippen LogP contribution in [-0.4, -0.2) is 36.2 Å². The maximum atomic E-state index is 6.19. The Hall–Kier alpha value is -0.670. The first kappa shape index (κ1) is 16.8. The van der Waals surface area contributed by atoms with E-state index in [0.717, 1.165) is 31.7 Å². The first-order chi connectivity index (χ1) is 11.4. The molecule has 5 heteroatoms. The highest BCUT2D eigenvalue weighted by Crippen LogP contribution is 2.53. The Labute approximate surface area is 146 Å². The van der Waals surface area contributed by atoms with E-state index in [2.05, 4.69) is 56.8 Å². The van der Waals surface area contributed by atoms with E-state index in [1.807, 2.05) is 0 Å². The van der Waals surface area contributed by atoms with Crippen LogP contribution in [0.25, 0.3) is 0 Å². The summed E-state index contributed by atoms with van der Waals surface area (Å²) in [5.41, 5.74) is 2.36. The lowest BCUT2D eigenvalue weighted by atomic mass is 9.94. The molecule has 0 N–H and O–H groups in total. The molecule has 24 heavy (non-hydrogen) atoms. The summed E-state index contributed by atoms with van der Waals surface area (Å²) >= 11 is 0. The Bertz CT molecular complexity index is 585. The van der Waals surface area contributed by atoms with Crippen molar-refractivity contribution in [2.24, 2.45) is 5.92 Å². The van der Waals surface area contributed by atoms with Gasteiger partial charge in [-0.05, 0) is 44.4 Å². The van der Waals surface area contributed by atoms with Crippen LogP contribution < -0.4 is 4.83 Å². The molecule has 3 fully saturated rings. The Morgan fingerprint density at radius 1 is 1.12 bits per heavy atom. The number of anilines is 1. The topological polar surface area (TPSA) is 30.9 Å². The second kappa shape index (κ2) is 5.95. The molecule has 3 heterocycles. The fourth-order valence-corrected chi connectivity index (χ4v) is 5.04. The van der Waals surface area contributed by atoms with Gasteiger partial charge in [0.1, 0.15) is 5.60 Å². The minimum Gasteiger partial charge on any atom is -0.375 e. The van der Waals surface area contributed by atoms with E-state index in [1.54, 1.807) is 0 Å². The number of rotatable bonds is 3. The van der Waals surface area contributed by atoms with Gasteiger partial charge in [0.05, 0.1) is 24.5 Å². The van der Waals surface area contributed by atoms with Crippen LogP contribution in [0.1, 0.15) is 39.7 Å². The van der Waals surface area contributed by atoms with Crippen LogP contribution in [0.2, 0.25) is 0 Å². The Kier molecular flexibility index (Phi) is 4.16. The summed E-state index contributed by atoms with van der Waals surface area (Å²) < 4.78 is 11.7. The molecule has 3 aliphatic heterocycles. The zero-order valence-electron chi connectivity index (χ0n) is 15.0. The number of fused-ring (bicyclic) bond motifs is 1. The summed E-state index contributed by atoms with van der Waals surface area (Å²) in [5.74, 6) is 0.492. The van der Waals surface area contributed by atoms with Gasteiger partial charge in [0, 0.05) is 26.4 Å². The van der Waals surface area contributed by atoms with Gasteiger partial charge >= 0.3 is 0 Å². The number of benzene rings is 1. The zero-order valence-corrected chi connectivity index (χ0v) is 16.0. The third-order valence-electron chi connectivity index (χ3n) is 5.94. The third kappa shape index (κ3) is 2.88. The predicted molar refractivity (Wildman–Crippen MR) is 97.8 cm³/mol. The van der Waals surface area contributed by atoms with Crippen molar-refractivity contribution < 1.29 is 14.3 Å². The van der Waals surface area contributed by atoms with Crippen molar-refractivity contribution in [1.82, 2.24) is 0 Å². The highest BCUT2D eigenvalue weighted by atomic mass is 31.1. The van der Waals surface area contributed by atoms with Gasteiger partial charge in [-0.2, -0.15) is 0 Å². The molecule has 0 aliphatic carbocycles. The zero-order chi connectivity index (χ0) is 16.9. The molecule has 2 unspecified atom stereocenters. The maximum Gasteiger partial charge on any atom is 0.101 e. The maximum absolute atomic E-state index is 6.19. The molecule has 0 aromatic heterocycles. The second-order valence-electron chi connectivity index (χ2n) is 8.26. The standard InChI is InChI=1S/C19H28NO3P/c1-18(2)19(3,4)24-20(23-18)15-7-5-13(6-8-15)11-14-12-22-16-9-10-21-17(14)16/h5-8,14,16-17,24H,9-12H2,1-4H3/t14-,16+,17?/m1/s1. The van der Waals surface area contributed by atoms with Crippen LogP contribution in [0.5, 0.6) is 0 Å². The van der Waals surface area contributed by atoms with Crippen molar-refractivity contribution in [2.45, 2.75) is 63.5 Å².